The Morgan fingerprint density at radius 3 is 1.94 bits per heavy atom. The van der Waals surface area contributed by atoms with Gasteiger partial charge in [0.2, 0.25) is 0 Å². The van der Waals surface area contributed by atoms with Gasteiger partial charge < -0.3 is 19.8 Å². The predicted molar refractivity (Wildman–Crippen MR) is 53.0 cm³/mol. The van der Waals surface area contributed by atoms with Crippen LogP contribution >= 0.6 is 0 Å². The van der Waals surface area contributed by atoms with Gasteiger partial charge in [0.1, 0.15) is 0 Å². The van der Waals surface area contributed by atoms with Crippen molar-refractivity contribution in [3.63, 3.8) is 0 Å². The van der Waals surface area contributed by atoms with Crippen molar-refractivity contribution in [2.75, 3.05) is 0 Å². The number of carboxylic acids is 2. The van der Waals surface area contributed by atoms with Gasteiger partial charge in [-0.1, -0.05) is 29.8 Å². The van der Waals surface area contributed by atoms with Gasteiger partial charge >= 0.3 is 0 Å². The average Bonchev–Trinajstić information content (AvgIpc) is 2.20. The highest BCUT2D eigenvalue weighted by atomic mass is 16.4. The molecule has 0 bridgehead atoms. The highest BCUT2D eigenvalue weighted by molar-refractivity contribution is 5.96. The van der Waals surface area contributed by atoms with Crippen molar-refractivity contribution in [2.45, 2.75) is 20.3 Å². The van der Waals surface area contributed by atoms with Gasteiger partial charge in [0.25, 0.3) is 0 Å². The Balaban J connectivity index is 2.97. The quantitative estimate of drug-likeness (QED) is 0.612. The molecule has 0 fully saturated rings. The maximum atomic E-state index is 10.8. The van der Waals surface area contributed by atoms with Crippen LogP contribution in [0.25, 0.3) is 0 Å². The summed E-state index contributed by atoms with van der Waals surface area (Å²) in [5.74, 6) is -3.26. The van der Waals surface area contributed by atoms with E-state index in [9.17, 15) is 19.8 Å². The molecule has 1 rings (SSSR count). The molecule has 1 aromatic carbocycles. The Bertz CT molecular complexity index is 392. The molecule has 0 aliphatic rings. The lowest BCUT2D eigenvalue weighted by atomic mass is 9.83. The molecule has 0 aliphatic carbocycles. The highest BCUT2D eigenvalue weighted by Crippen LogP contribution is 2.21. The van der Waals surface area contributed by atoms with Crippen molar-refractivity contribution in [3.05, 3.63) is 35.4 Å². The molecule has 1 aromatic rings. The minimum atomic E-state index is -1.99. The van der Waals surface area contributed by atoms with E-state index in [2.05, 4.69) is 0 Å². The summed E-state index contributed by atoms with van der Waals surface area (Å²) in [6.07, 6.45) is -0.141. The lowest BCUT2D eigenvalue weighted by Gasteiger charge is -2.31. The molecule has 86 valence electrons. The zero-order valence-electron chi connectivity index (χ0n) is 9.15. The van der Waals surface area contributed by atoms with E-state index < -0.39 is 17.4 Å². The van der Waals surface area contributed by atoms with Crippen LogP contribution in [0.15, 0.2) is 24.3 Å². The Hall–Kier alpha value is -1.84. The third kappa shape index (κ3) is 2.39. The molecule has 0 heterocycles. The third-order valence-corrected chi connectivity index (χ3v) is 2.58. The van der Waals surface area contributed by atoms with Crippen LogP contribution in [-0.4, -0.2) is 11.9 Å². The SMILES string of the molecule is Cc1ccc(CC(C)(C(=O)[O-])C(=O)[O-])cc1. The number of carbonyl (C=O) groups is 2. The maximum Gasteiger partial charge on any atom is 0.0533 e. The molecule has 4 heteroatoms. The molecule has 0 saturated heterocycles. The first-order valence-corrected chi connectivity index (χ1v) is 4.84. The van der Waals surface area contributed by atoms with Crippen LogP contribution in [0.3, 0.4) is 0 Å². The summed E-state index contributed by atoms with van der Waals surface area (Å²) < 4.78 is 0. The lowest BCUT2D eigenvalue weighted by Crippen LogP contribution is -2.53. The molecule has 0 aromatic heterocycles. The van der Waals surface area contributed by atoms with Gasteiger partial charge in [-0.05, 0) is 25.8 Å². The number of aryl methyl sites for hydroxylation is 1. The van der Waals surface area contributed by atoms with Crippen LogP contribution in [0.1, 0.15) is 18.1 Å². The Morgan fingerprint density at radius 2 is 1.56 bits per heavy atom. The molecular weight excluding hydrogens is 208 g/mol. The first kappa shape index (κ1) is 12.2. The molecular formula is C12H12O4-2. The van der Waals surface area contributed by atoms with Gasteiger partial charge in [-0.25, -0.2) is 0 Å². The molecule has 0 N–H and O–H groups in total. The van der Waals surface area contributed by atoms with E-state index >= 15 is 0 Å². The fourth-order valence-electron chi connectivity index (χ4n) is 1.34. The zero-order valence-corrected chi connectivity index (χ0v) is 9.15. The summed E-state index contributed by atoms with van der Waals surface area (Å²) in [7, 11) is 0. The first-order valence-electron chi connectivity index (χ1n) is 4.84. The summed E-state index contributed by atoms with van der Waals surface area (Å²) in [5, 5.41) is 21.6. The van der Waals surface area contributed by atoms with Crippen molar-refractivity contribution in [1.29, 1.82) is 0 Å². The lowest BCUT2D eigenvalue weighted by molar-refractivity contribution is -0.341. The number of rotatable bonds is 4. The van der Waals surface area contributed by atoms with Gasteiger partial charge in [-0.15, -0.1) is 0 Å². The van der Waals surface area contributed by atoms with E-state index in [0.29, 0.717) is 5.56 Å². The van der Waals surface area contributed by atoms with Crippen molar-refractivity contribution in [2.24, 2.45) is 5.41 Å². The van der Waals surface area contributed by atoms with E-state index in [0.717, 1.165) is 12.5 Å². The summed E-state index contributed by atoms with van der Waals surface area (Å²) in [6.45, 7) is 2.98. The molecule has 0 radical (unpaired) electrons. The Kier molecular flexibility index (Phi) is 3.32. The zero-order chi connectivity index (χ0) is 12.3. The van der Waals surface area contributed by atoms with Crippen LogP contribution in [0.4, 0.5) is 0 Å². The average molecular weight is 220 g/mol. The molecule has 0 unspecified atom stereocenters. The molecule has 0 amide bonds. The molecule has 0 saturated carbocycles. The van der Waals surface area contributed by atoms with Gasteiger partial charge in [0.05, 0.1) is 17.4 Å². The van der Waals surface area contributed by atoms with E-state index in [1.165, 1.54) is 0 Å². The van der Waals surface area contributed by atoms with Crippen LogP contribution in [0.5, 0.6) is 0 Å². The van der Waals surface area contributed by atoms with Crippen molar-refractivity contribution in [3.8, 4) is 0 Å². The number of hydrogen-bond acceptors (Lipinski definition) is 4. The summed E-state index contributed by atoms with van der Waals surface area (Å²) in [5.41, 5.74) is -0.344. The fourth-order valence-corrected chi connectivity index (χ4v) is 1.34. The predicted octanol–water partition coefficient (Wildman–Crippen LogP) is -0.956. The molecule has 4 nitrogen and oxygen atoms in total. The van der Waals surface area contributed by atoms with Gasteiger partial charge in [0, 0.05) is 0 Å². The summed E-state index contributed by atoms with van der Waals surface area (Å²) >= 11 is 0. The fraction of sp³-hybridized carbons (Fsp3) is 0.333. The van der Waals surface area contributed by atoms with Gasteiger partial charge in [-0.3, -0.25) is 0 Å². The number of benzene rings is 1. The second kappa shape index (κ2) is 4.35. The summed E-state index contributed by atoms with van der Waals surface area (Å²) in [6, 6.07) is 6.97. The van der Waals surface area contributed by atoms with E-state index in [4.69, 9.17) is 0 Å². The topological polar surface area (TPSA) is 80.3 Å². The first-order chi connectivity index (χ1) is 7.36. The second-order valence-corrected chi connectivity index (χ2v) is 4.07. The van der Waals surface area contributed by atoms with Crippen molar-refractivity contribution in [1.82, 2.24) is 0 Å². The van der Waals surface area contributed by atoms with Crippen LogP contribution in [0.2, 0.25) is 0 Å². The number of hydrogen-bond donors (Lipinski definition) is 0. The summed E-state index contributed by atoms with van der Waals surface area (Å²) in [4.78, 5) is 21.6. The van der Waals surface area contributed by atoms with Gasteiger partial charge in [-0.2, -0.15) is 0 Å². The molecule has 0 aliphatic heterocycles. The second-order valence-electron chi connectivity index (χ2n) is 4.07. The van der Waals surface area contributed by atoms with Crippen molar-refractivity contribution >= 4 is 11.9 Å². The molecule has 0 atom stereocenters. The van der Waals surface area contributed by atoms with Crippen LogP contribution in [-0.2, 0) is 16.0 Å². The Morgan fingerprint density at radius 1 is 1.12 bits per heavy atom. The monoisotopic (exact) mass is 220 g/mol. The van der Waals surface area contributed by atoms with E-state index in [1.807, 2.05) is 6.92 Å². The standard InChI is InChI=1S/C12H14O4/c1-8-3-5-9(6-4-8)7-12(2,10(13)14)11(15)16/h3-6H,7H2,1-2H3,(H,13,14)(H,15,16)/p-2. The number of aliphatic carboxylic acids is 2. The molecule has 0 spiro atoms. The third-order valence-electron chi connectivity index (χ3n) is 2.58. The van der Waals surface area contributed by atoms with Crippen LogP contribution < -0.4 is 10.2 Å². The smallest absolute Gasteiger partial charge is 0.0533 e. The maximum absolute atomic E-state index is 10.8. The van der Waals surface area contributed by atoms with E-state index in [-0.39, 0.29) is 6.42 Å². The number of carboxylic acid groups (broad SMARTS) is 2. The normalized spacial score (nSPS) is 11.1. The minimum absolute atomic E-state index is 0.141. The number of carbonyl (C=O) groups excluding carboxylic acids is 2. The minimum Gasteiger partial charge on any atom is -0.549 e. The van der Waals surface area contributed by atoms with Crippen LogP contribution in [0, 0.1) is 12.3 Å². The molecule has 16 heavy (non-hydrogen) atoms. The van der Waals surface area contributed by atoms with E-state index in [1.54, 1.807) is 24.3 Å². The Labute approximate surface area is 93.5 Å². The van der Waals surface area contributed by atoms with Crippen molar-refractivity contribution < 1.29 is 19.8 Å². The van der Waals surface area contributed by atoms with Gasteiger partial charge in [0.15, 0.2) is 0 Å². The highest BCUT2D eigenvalue weighted by Gasteiger charge is 2.28. The largest absolute Gasteiger partial charge is 0.549 e.